The Balaban J connectivity index is 1.72. The van der Waals surface area contributed by atoms with Gasteiger partial charge in [0.15, 0.2) is 0 Å². The first-order chi connectivity index (χ1) is 13.3. The maximum absolute atomic E-state index is 12.9. The van der Waals surface area contributed by atoms with Crippen molar-refractivity contribution in [3.63, 3.8) is 0 Å². The van der Waals surface area contributed by atoms with Crippen LogP contribution in [0.3, 0.4) is 0 Å². The van der Waals surface area contributed by atoms with Crippen LogP contribution in [0.2, 0.25) is 0 Å². The zero-order valence-electron chi connectivity index (χ0n) is 16.0. The fraction of sp³-hybridized carbons (Fsp3) is 0.350. The van der Waals surface area contributed by atoms with Crippen molar-refractivity contribution in [1.82, 2.24) is 9.21 Å². The predicted molar refractivity (Wildman–Crippen MR) is 105 cm³/mol. The molecule has 0 spiro atoms. The van der Waals surface area contributed by atoms with Gasteiger partial charge in [0, 0.05) is 13.6 Å². The van der Waals surface area contributed by atoms with E-state index >= 15 is 0 Å². The van der Waals surface area contributed by atoms with E-state index in [9.17, 15) is 13.2 Å². The lowest BCUT2D eigenvalue weighted by molar-refractivity contribution is 0.0683. The minimum absolute atomic E-state index is 0.171. The average Bonchev–Trinajstić information content (AvgIpc) is 3.07. The van der Waals surface area contributed by atoms with Gasteiger partial charge in [-0.05, 0) is 35.4 Å². The van der Waals surface area contributed by atoms with Crippen LogP contribution in [0.25, 0.3) is 11.1 Å². The number of ether oxygens (including phenoxy) is 2. The number of carbonyl (C=O) groups is 1. The Hall–Kier alpha value is -2.58. The summed E-state index contributed by atoms with van der Waals surface area (Å²) in [6.07, 6.45) is 0.764. The molecule has 148 valence electrons. The molecule has 2 heterocycles. The van der Waals surface area contributed by atoms with Gasteiger partial charge >= 0.3 is 0 Å². The van der Waals surface area contributed by atoms with Crippen molar-refractivity contribution in [3.05, 3.63) is 48.0 Å². The van der Waals surface area contributed by atoms with Gasteiger partial charge in [0.2, 0.25) is 10.0 Å². The molecule has 2 aromatic rings. The van der Waals surface area contributed by atoms with Crippen molar-refractivity contribution in [2.75, 3.05) is 33.5 Å². The second kappa shape index (κ2) is 6.79. The first kappa shape index (κ1) is 18.8. The van der Waals surface area contributed by atoms with E-state index in [4.69, 9.17) is 9.47 Å². The Morgan fingerprint density at radius 1 is 1.11 bits per heavy atom. The highest BCUT2D eigenvalue weighted by Crippen LogP contribution is 2.35. The van der Waals surface area contributed by atoms with Gasteiger partial charge in [0.1, 0.15) is 17.6 Å². The van der Waals surface area contributed by atoms with Gasteiger partial charge in [-0.3, -0.25) is 4.79 Å². The van der Waals surface area contributed by atoms with Crippen LogP contribution in [-0.4, -0.2) is 69.2 Å². The van der Waals surface area contributed by atoms with Gasteiger partial charge in [0.25, 0.3) is 5.91 Å². The summed E-state index contributed by atoms with van der Waals surface area (Å²) >= 11 is 0. The molecule has 0 aliphatic carbocycles. The summed E-state index contributed by atoms with van der Waals surface area (Å²) in [4.78, 5) is 14.5. The number of amides is 1. The minimum Gasteiger partial charge on any atom is -0.497 e. The monoisotopic (exact) mass is 402 g/mol. The summed E-state index contributed by atoms with van der Waals surface area (Å²) in [6, 6.07) is 12.8. The molecule has 0 N–H and O–H groups in total. The summed E-state index contributed by atoms with van der Waals surface area (Å²) in [5.74, 6) is 1.04. The molecule has 2 aliphatic rings. The zero-order valence-corrected chi connectivity index (χ0v) is 16.8. The second-order valence-electron chi connectivity index (χ2n) is 7.16. The molecular formula is C20H22N2O5S. The van der Waals surface area contributed by atoms with Crippen LogP contribution in [0.15, 0.2) is 42.5 Å². The lowest BCUT2D eigenvalue weighted by atomic mass is 10.0. The van der Waals surface area contributed by atoms with Crippen molar-refractivity contribution in [2.24, 2.45) is 0 Å². The molecule has 1 amide bonds. The lowest BCUT2D eigenvalue weighted by Gasteiger charge is -2.25. The minimum atomic E-state index is -3.35. The Morgan fingerprint density at radius 3 is 2.57 bits per heavy atom. The Morgan fingerprint density at radius 2 is 1.86 bits per heavy atom. The number of carbonyl (C=O) groups excluding carboxylic acids is 1. The highest BCUT2D eigenvalue weighted by Gasteiger charge is 2.44. The van der Waals surface area contributed by atoms with Crippen LogP contribution in [0.1, 0.15) is 10.4 Å². The lowest BCUT2D eigenvalue weighted by Crippen LogP contribution is -2.44. The third-order valence-corrected chi connectivity index (χ3v) is 6.62. The van der Waals surface area contributed by atoms with Crippen LogP contribution in [0, 0.1) is 0 Å². The summed E-state index contributed by atoms with van der Waals surface area (Å²) in [5.41, 5.74) is 2.32. The van der Waals surface area contributed by atoms with Crippen molar-refractivity contribution in [3.8, 4) is 22.6 Å². The number of hydrogen-bond donors (Lipinski definition) is 0. The standard InChI is InChI=1S/C20H22N2O5S/c1-21-17-11-22(28(3,24)25)12-19(17)27-18-10-14(7-8-16(18)20(21)23)13-5-4-6-15(9-13)26-2/h4-10,17,19H,11-12H2,1-3H3/t17-,19+/m1/s1. The van der Waals surface area contributed by atoms with Crippen LogP contribution in [0.5, 0.6) is 11.5 Å². The van der Waals surface area contributed by atoms with E-state index in [2.05, 4.69) is 0 Å². The fourth-order valence-corrected chi connectivity index (χ4v) is 4.61. The van der Waals surface area contributed by atoms with Crippen LogP contribution in [-0.2, 0) is 10.0 Å². The highest BCUT2D eigenvalue weighted by molar-refractivity contribution is 7.88. The molecule has 28 heavy (non-hydrogen) atoms. The van der Waals surface area contributed by atoms with E-state index in [1.54, 1.807) is 25.1 Å². The van der Waals surface area contributed by atoms with Crippen LogP contribution < -0.4 is 9.47 Å². The number of methoxy groups -OCH3 is 1. The molecule has 0 radical (unpaired) electrons. The zero-order chi connectivity index (χ0) is 20.1. The van der Waals surface area contributed by atoms with E-state index in [-0.39, 0.29) is 25.0 Å². The summed E-state index contributed by atoms with van der Waals surface area (Å²) in [5, 5.41) is 0. The number of likely N-dealkylation sites (N-methyl/N-ethyl adjacent to an activating group) is 1. The summed E-state index contributed by atoms with van der Waals surface area (Å²) in [7, 11) is -0.0411. The number of benzene rings is 2. The van der Waals surface area contributed by atoms with Crippen molar-refractivity contribution < 1.29 is 22.7 Å². The molecule has 7 nitrogen and oxygen atoms in total. The largest absolute Gasteiger partial charge is 0.497 e. The third-order valence-electron chi connectivity index (χ3n) is 5.38. The van der Waals surface area contributed by atoms with E-state index in [0.717, 1.165) is 16.9 Å². The number of nitrogens with zero attached hydrogens (tertiary/aromatic N) is 2. The average molecular weight is 402 g/mol. The number of rotatable bonds is 3. The van der Waals surface area contributed by atoms with Gasteiger partial charge in [-0.1, -0.05) is 18.2 Å². The maximum atomic E-state index is 12.9. The summed E-state index contributed by atoms with van der Waals surface area (Å²) in [6.45, 7) is 0.465. The molecule has 2 aromatic carbocycles. The molecule has 0 bridgehead atoms. The van der Waals surface area contributed by atoms with Gasteiger partial charge in [0.05, 0.1) is 31.5 Å². The van der Waals surface area contributed by atoms with Crippen molar-refractivity contribution >= 4 is 15.9 Å². The fourth-order valence-electron chi connectivity index (χ4n) is 3.76. The topological polar surface area (TPSA) is 76.2 Å². The molecule has 0 unspecified atom stereocenters. The molecule has 0 saturated carbocycles. The van der Waals surface area contributed by atoms with Gasteiger partial charge in [-0.25, -0.2) is 8.42 Å². The SMILES string of the molecule is COc1cccc(-c2ccc3c(c2)O[C@H]2CN(S(C)(=O)=O)C[C@H]2N(C)C3=O)c1. The molecule has 2 aliphatic heterocycles. The Labute approximate surface area is 164 Å². The molecular weight excluding hydrogens is 380 g/mol. The molecule has 1 fully saturated rings. The van der Waals surface area contributed by atoms with Gasteiger partial charge in [-0.2, -0.15) is 4.31 Å². The maximum Gasteiger partial charge on any atom is 0.257 e. The number of sulfonamides is 1. The third kappa shape index (κ3) is 3.22. The highest BCUT2D eigenvalue weighted by atomic mass is 32.2. The molecule has 8 heteroatoms. The van der Waals surface area contributed by atoms with Crippen molar-refractivity contribution in [2.45, 2.75) is 12.1 Å². The first-order valence-corrected chi connectivity index (χ1v) is 10.8. The van der Waals surface area contributed by atoms with Crippen LogP contribution in [0.4, 0.5) is 0 Å². The summed E-state index contributed by atoms with van der Waals surface area (Å²) < 4.78 is 36.7. The predicted octanol–water partition coefficient (Wildman–Crippen LogP) is 1.84. The Kier molecular flexibility index (Phi) is 4.55. The molecule has 4 rings (SSSR count). The van der Waals surface area contributed by atoms with Gasteiger partial charge < -0.3 is 14.4 Å². The van der Waals surface area contributed by atoms with E-state index in [1.807, 2.05) is 36.4 Å². The normalized spacial score (nSPS) is 22.2. The second-order valence-corrected chi connectivity index (χ2v) is 9.15. The van der Waals surface area contributed by atoms with E-state index in [0.29, 0.717) is 11.3 Å². The van der Waals surface area contributed by atoms with Crippen molar-refractivity contribution in [1.29, 1.82) is 0 Å². The Bertz CT molecular complexity index is 1040. The number of fused-ring (bicyclic) bond motifs is 2. The molecule has 2 atom stereocenters. The molecule has 0 aromatic heterocycles. The quantitative estimate of drug-likeness (QED) is 0.783. The van der Waals surface area contributed by atoms with E-state index < -0.39 is 16.1 Å². The van der Waals surface area contributed by atoms with Crippen LogP contribution >= 0.6 is 0 Å². The smallest absolute Gasteiger partial charge is 0.257 e. The van der Waals surface area contributed by atoms with E-state index in [1.165, 1.54) is 10.6 Å². The number of hydrogen-bond acceptors (Lipinski definition) is 5. The van der Waals surface area contributed by atoms with Gasteiger partial charge in [-0.15, -0.1) is 0 Å². The molecule has 1 saturated heterocycles. The first-order valence-electron chi connectivity index (χ1n) is 8.95.